The number of hydrogen-bond donors (Lipinski definition) is 1. The van der Waals surface area contributed by atoms with Crippen molar-refractivity contribution >= 4 is 11.6 Å². The van der Waals surface area contributed by atoms with Gasteiger partial charge >= 0.3 is 0 Å². The van der Waals surface area contributed by atoms with Gasteiger partial charge < -0.3 is 15.0 Å². The molecule has 1 aliphatic heterocycles. The van der Waals surface area contributed by atoms with Gasteiger partial charge in [0.05, 0.1) is 12.2 Å². The van der Waals surface area contributed by atoms with E-state index in [0.29, 0.717) is 30.5 Å². The summed E-state index contributed by atoms with van der Waals surface area (Å²) in [7, 11) is 0. The fraction of sp³-hybridized carbons (Fsp3) is 0.458. The van der Waals surface area contributed by atoms with E-state index in [2.05, 4.69) is 36.2 Å². The molecule has 0 saturated heterocycles. The van der Waals surface area contributed by atoms with Gasteiger partial charge in [-0.3, -0.25) is 9.69 Å². The molecule has 0 bridgehead atoms. The lowest BCUT2D eigenvalue weighted by molar-refractivity contribution is 0.0981. The third kappa shape index (κ3) is 5.37. The Morgan fingerprint density at radius 1 is 1.07 bits per heavy atom. The third-order valence-corrected chi connectivity index (χ3v) is 5.39. The number of nitrogens with one attached hydrogen (secondary N) is 1. The molecule has 1 N–H and O–H groups in total. The average molecular weight is 396 g/mol. The van der Waals surface area contributed by atoms with E-state index in [-0.39, 0.29) is 5.91 Å². The normalized spacial score (nSPS) is 16.2. The molecule has 2 aromatic carbocycles. The summed E-state index contributed by atoms with van der Waals surface area (Å²) in [6, 6.07) is 16.2. The van der Waals surface area contributed by atoms with Crippen LogP contribution in [0, 0.1) is 0 Å². The molecule has 5 heteroatoms. The van der Waals surface area contributed by atoms with Gasteiger partial charge in [0, 0.05) is 44.5 Å². The van der Waals surface area contributed by atoms with Gasteiger partial charge in [0.2, 0.25) is 0 Å². The molecule has 1 heterocycles. The number of carbonyl (C=O) groups is 1. The number of hydrogen-bond acceptors (Lipinski definition) is 4. The lowest BCUT2D eigenvalue weighted by Gasteiger charge is -2.28. The smallest absolute Gasteiger partial charge is 0.262 e. The van der Waals surface area contributed by atoms with Crippen LogP contribution in [0.5, 0.6) is 5.75 Å². The number of benzene rings is 2. The van der Waals surface area contributed by atoms with Crippen molar-refractivity contribution in [3.8, 4) is 5.75 Å². The molecule has 0 aromatic heterocycles. The second-order valence-electron chi connectivity index (χ2n) is 7.67. The van der Waals surface area contributed by atoms with Crippen molar-refractivity contribution in [2.75, 3.05) is 37.7 Å². The highest BCUT2D eigenvalue weighted by molar-refractivity contribution is 6.08. The molecule has 1 aliphatic rings. The first-order valence-electron chi connectivity index (χ1n) is 10.7. The molecule has 0 radical (unpaired) electrons. The maximum absolute atomic E-state index is 13.6. The van der Waals surface area contributed by atoms with Gasteiger partial charge in [-0.2, -0.15) is 0 Å². The summed E-state index contributed by atoms with van der Waals surface area (Å²) in [5.74, 6) is 0.644. The highest BCUT2D eigenvalue weighted by Crippen LogP contribution is 2.27. The van der Waals surface area contributed by atoms with Gasteiger partial charge in [-0.1, -0.05) is 30.3 Å². The Hall–Kier alpha value is -2.37. The Labute approximate surface area is 174 Å². The second kappa shape index (κ2) is 10.4. The van der Waals surface area contributed by atoms with E-state index in [0.717, 1.165) is 43.9 Å². The zero-order valence-electron chi connectivity index (χ0n) is 17.9. The SMILES string of the molecule is CCOc1ccccc1C(=O)N1CCCN(C(C)C)CCNCc2ccccc21. The van der Waals surface area contributed by atoms with Gasteiger partial charge in [0.25, 0.3) is 5.91 Å². The summed E-state index contributed by atoms with van der Waals surface area (Å²) in [4.78, 5) is 18.0. The van der Waals surface area contributed by atoms with Crippen LogP contribution < -0.4 is 15.0 Å². The largest absolute Gasteiger partial charge is 0.493 e. The van der Waals surface area contributed by atoms with Crippen LogP contribution in [0.4, 0.5) is 5.69 Å². The number of nitrogens with zero attached hydrogens (tertiary/aromatic N) is 2. The summed E-state index contributed by atoms with van der Waals surface area (Å²) in [6.07, 6.45) is 0.926. The summed E-state index contributed by atoms with van der Waals surface area (Å²) in [5, 5.41) is 3.55. The quantitative estimate of drug-likeness (QED) is 0.852. The Kier molecular flexibility index (Phi) is 7.67. The molecule has 3 rings (SSSR count). The number of para-hydroxylation sites is 2. The van der Waals surface area contributed by atoms with E-state index in [1.54, 1.807) is 0 Å². The van der Waals surface area contributed by atoms with Gasteiger partial charge in [0.15, 0.2) is 0 Å². The topological polar surface area (TPSA) is 44.8 Å². The van der Waals surface area contributed by atoms with Crippen LogP contribution in [0.15, 0.2) is 48.5 Å². The van der Waals surface area contributed by atoms with Crippen LogP contribution in [-0.2, 0) is 6.54 Å². The zero-order chi connectivity index (χ0) is 20.6. The number of anilines is 1. The Morgan fingerprint density at radius 3 is 2.62 bits per heavy atom. The van der Waals surface area contributed by atoms with Gasteiger partial charge in [-0.15, -0.1) is 0 Å². The molecule has 156 valence electrons. The van der Waals surface area contributed by atoms with E-state index in [9.17, 15) is 4.79 Å². The van der Waals surface area contributed by atoms with Crippen molar-refractivity contribution in [2.45, 2.75) is 39.8 Å². The minimum atomic E-state index is -0.00292. The molecule has 0 aliphatic carbocycles. The van der Waals surface area contributed by atoms with Gasteiger partial charge in [-0.25, -0.2) is 0 Å². The van der Waals surface area contributed by atoms with Crippen LogP contribution in [0.2, 0.25) is 0 Å². The Bertz CT molecular complexity index is 806. The van der Waals surface area contributed by atoms with Crippen molar-refractivity contribution < 1.29 is 9.53 Å². The standard InChI is InChI=1S/C24H33N3O2/c1-4-29-23-13-8-6-11-21(23)24(28)27-16-9-15-26(19(2)3)17-14-25-18-20-10-5-7-12-22(20)27/h5-8,10-13,19,25H,4,9,14-18H2,1-3H3. The minimum absolute atomic E-state index is 0.00292. The third-order valence-electron chi connectivity index (χ3n) is 5.39. The average Bonchev–Trinajstić information content (AvgIpc) is 2.77. The lowest BCUT2D eigenvalue weighted by atomic mass is 10.1. The molecular weight excluding hydrogens is 362 g/mol. The van der Waals surface area contributed by atoms with E-state index in [1.807, 2.05) is 48.2 Å². The Balaban J connectivity index is 1.95. The van der Waals surface area contributed by atoms with Crippen molar-refractivity contribution in [3.05, 3.63) is 59.7 Å². The van der Waals surface area contributed by atoms with E-state index in [4.69, 9.17) is 4.74 Å². The predicted octanol–water partition coefficient (Wildman–Crippen LogP) is 3.94. The number of ether oxygens (including phenoxy) is 1. The van der Waals surface area contributed by atoms with E-state index < -0.39 is 0 Å². The van der Waals surface area contributed by atoms with Crippen LogP contribution >= 0.6 is 0 Å². The van der Waals surface area contributed by atoms with Crippen LogP contribution in [0.3, 0.4) is 0 Å². The van der Waals surface area contributed by atoms with Crippen molar-refractivity contribution in [1.29, 1.82) is 0 Å². The summed E-state index contributed by atoms with van der Waals surface area (Å²) >= 11 is 0. The fourth-order valence-corrected chi connectivity index (χ4v) is 3.83. The van der Waals surface area contributed by atoms with Crippen LogP contribution in [-0.4, -0.2) is 49.6 Å². The van der Waals surface area contributed by atoms with Crippen molar-refractivity contribution in [2.24, 2.45) is 0 Å². The second-order valence-corrected chi connectivity index (χ2v) is 7.67. The lowest BCUT2D eigenvalue weighted by Crippen LogP contribution is -2.38. The monoisotopic (exact) mass is 395 g/mol. The first-order valence-corrected chi connectivity index (χ1v) is 10.7. The fourth-order valence-electron chi connectivity index (χ4n) is 3.83. The predicted molar refractivity (Wildman–Crippen MR) is 119 cm³/mol. The molecular formula is C24H33N3O2. The summed E-state index contributed by atoms with van der Waals surface area (Å²) in [5.41, 5.74) is 2.75. The van der Waals surface area contributed by atoms with Crippen molar-refractivity contribution in [1.82, 2.24) is 10.2 Å². The molecule has 0 atom stereocenters. The van der Waals surface area contributed by atoms with Gasteiger partial charge in [0.1, 0.15) is 5.75 Å². The maximum Gasteiger partial charge on any atom is 0.262 e. The number of fused-ring (bicyclic) bond motifs is 1. The molecule has 0 saturated carbocycles. The highest BCUT2D eigenvalue weighted by Gasteiger charge is 2.23. The van der Waals surface area contributed by atoms with E-state index in [1.165, 1.54) is 0 Å². The van der Waals surface area contributed by atoms with Crippen molar-refractivity contribution in [3.63, 3.8) is 0 Å². The Morgan fingerprint density at radius 2 is 1.83 bits per heavy atom. The maximum atomic E-state index is 13.6. The van der Waals surface area contributed by atoms with Gasteiger partial charge in [-0.05, 0) is 51.0 Å². The number of amides is 1. The molecule has 1 amide bonds. The molecule has 29 heavy (non-hydrogen) atoms. The molecule has 0 spiro atoms. The minimum Gasteiger partial charge on any atom is -0.493 e. The molecule has 2 aromatic rings. The van der Waals surface area contributed by atoms with Crippen LogP contribution in [0.25, 0.3) is 0 Å². The molecule has 0 fully saturated rings. The molecule has 5 nitrogen and oxygen atoms in total. The zero-order valence-corrected chi connectivity index (χ0v) is 17.9. The first kappa shape index (κ1) is 21.3. The van der Waals surface area contributed by atoms with E-state index >= 15 is 0 Å². The highest BCUT2D eigenvalue weighted by atomic mass is 16.5. The number of rotatable bonds is 4. The summed E-state index contributed by atoms with van der Waals surface area (Å²) < 4.78 is 5.74. The number of carbonyl (C=O) groups excluding carboxylic acids is 1. The van der Waals surface area contributed by atoms with Crippen LogP contribution in [0.1, 0.15) is 43.1 Å². The summed E-state index contributed by atoms with van der Waals surface area (Å²) in [6.45, 7) is 11.3. The first-order chi connectivity index (χ1) is 14.1. The molecule has 0 unspecified atom stereocenters.